The van der Waals surface area contributed by atoms with E-state index in [0.29, 0.717) is 17.7 Å². The van der Waals surface area contributed by atoms with Gasteiger partial charge in [-0.05, 0) is 23.9 Å². The lowest BCUT2D eigenvalue weighted by Crippen LogP contribution is -2.30. The Bertz CT molecular complexity index is 635. The number of para-hydroxylation sites is 1. The SMILES string of the molecule is CCC(NC(=O)CSCc1cccs1)c1ccccc1OC(F)F. The Balaban J connectivity index is 1.92. The summed E-state index contributed by atoms with van der Waals surface area (Å²) in [5.74, 6) is 1.10. The molecule has 0 fully saturated rings. The number of thiophene rings is 1. The first-order valence-corrected chi connectivity index (χ1v) is 9.56. The molecule has 3 nitrogen and oxygen atoms in total. The maximum absolute atomic E-state index is 12.5. The quantitative estimate of drug-likeness (QED) is 0.685. The Morgan fingerprint density at radius 1 is 1.29 bits per heavy atom. The standard InChI is InChI=1S/C17H19F2NO2S2/c1-2-14(13-7-3-4-8-15(13)22-17(18)19)20-16(21)11-23-10-12-6-5-9-24-12/h3-9,14,17H,2,10-11H2,1H3,(H,20,21). The lowest BCUT2D eigenvalue weighted by atomic mass is 10.0. The molecule has 1 N–H and O–H groups in total. The van der Waals surface area contributed by atoms with E-state index in [1.165, 1.54) is 22.7 Å². The van der Waals surface area contributed by atoms with Crippen LogP contribution in [-0.2, 0) is 10.5 Å². The molecule has 0 saturated heterocycles. The highest BCUT2D eigenvalue weighted by atomic mass is 32.2. The van der Waals surface area contributed by atoms with E-state index in [0.717, 1.165) is 5.75 Å². The van der Waals surface area contributed by atoms with Crippen molar-refractivity contribution in [2.45, 2.75) is 31.8 Å². The van der Waals surface area contributed by atoms with Crippen molar-refractivity contribution in [3.8, 4) is 5.75 Å². The number of amides is 1. The highest BCUT2D eigenvalue weighted by Crippen LogP contribution is 2.28. The Hall–Kier alpha value is -1.60. The molecule has 1 unspecified atom stereocenters. The summed E-state index contributed by atoms with van der Waals surface area (Å²) in [6.45, 7) is -0.996. The smallest absolute Gasteiger partial charge is 0.387 e. The minimum Gasteiger partial charge on any atom is -0.434 e. The molecule has 1 amide bonds. The summed E-state index contributed by atoms with van der Waals surface area (Å²) in [5, 5.41) is 4.90. The largest absolute Gasteiger partial charge is 0.434 e. The predicted octanol–water partition coefficient (Wildman–Crippen LogP) is 4.85. The van der Waals surface area contributed by atoms with Crippen molar-refractivity contribution in [2.24, 2.45) is 0 Å². The van der Waals surface area contributed by atoms with Crippen molar-refractivity contribution in [3.63, 3.8) is 0 Å². The van der Waals surface area contributed by atoms with Gasteiger partial charge < -0.3 is 10.1 Å². The molecule has 1 aromatic heterocycles. The van der Waals surface area contributed by atoms with E-state index < -0.39 is 6.61 Å². The molecule has 0 bridgehead atoms. The Morgan fingerprint density at radius 3 is 2.75 bits per heavy atom. The first kappa shape index (κ1) is 18.7. The highest BCUT2D eigenvalue weighted by Gasteiger charge is 2.18. The van der Waals surface area contributed by atoms with E-state index in [4.69, 9.17) is 0 Å². The van der Waals surface area contributed by atoms with Crippen LogP contribution in [0.2, 0.25) is 0 Å². The number of benzene rings is 1. The van der Waals surface area contributed by atoms with Crippen LogP contribution in [0.3, 0.4) is 0 Å². The third kappa shape index (κ3) is 5.79. The number of hydrogen-bond donors (Lipinski definition) is 1. The zero-order chi connectivity index (χ0) is 17.4. The summed E-state index contributed by atoms with van der Waals surface area (Å²) in [4.78, 5) is 13.3. The van der Waals surface area contributed by atoms with Gasteiger partial charge in [0.15, 0.2) is 0 Å². The number of nitrogens with one attached hydrogen (secondary N) is 1. The summed E-state index contributed by atoms with van der Waals surface area (Å²) in [7, 11) is 0. The molecule has 0 aliphatic carbocycles. The molecule has 1 heterocycles. The van der Waals surface area contributed by atoms with E-state index in [-0.39, 0.29) is 17.7 Å². The molecule has 2 aromatic rings. The van der Waals surface area contributed by atoms with Crippen LogP contribution >= 0.6 is 23.1 Å². The predicted molar refractivity (Wildman–Crippen MR) is 94.7 cm³/mol. The van der Waals surface area contributed by atoms with E-state index >= 15 is 0 Å². The molecule has 7 heteroatoms. The summed E-state index contributed by atoms with van der Waals surface area (Å²) < 4.78 is 29.6. The first-order valence-electron chi connectivity index (χ1n) is 7.53. The van der Waals surface area contributed by atoms with E-state index in [9.17, 15) is 13.6 Å². The van der Waals surface area contributed by atoms with Crippen LogP contribution in [0.25, 0.3) is 0 Å². The molecular weight excluding hydrogens is 352 g/mol. The van der Waals surface area contributed by atoms with Crippen molar-refractivity contribution >= 4 is 29.0 Å². The third-order valence-electron chi connectivity index (χ3n) is 3.31. The molecule has 0 aliphatic rings. The minimum atomic E-state index is -2.89. The number of ether oxygens (including phenoxy) is 1. The average Bonchev–Trinajstić information content (AvgIpc) is 3.06. The molecule has 1 aromatic carbocycles. The molecule has 24 heavy (non-hydrogen) atoms. The van der Waals surface area contributed by atoms with Gasteiger partial charge in [0.2, 0.25) is 5.91 Å². The van der Waals surface area contributed by atoms with Gasteiger partial charge in [-0.1, -0.05) is 31.2 Å². The number of rotatable bonds is 9. The highest BCUT2D eigenvalue weighted by molar-refractivity contribution is 7.99. The van der Waals surface area contributed by atoms with Crippen LogP contribution < -0.4 is 10.1 Å². The van der Waals surface area contributed by atoms with Crippen LogP contribution in [0.1, 0.15) is 29.8 Å². The second-order valence-electron chi connectivity index (χ2n) is 5.02. The van der Waals surface area contributed by atoms with Gasteiger partial charge in [0.1, 0.15) is 5.75 Å². The van der Waals surface area contributed by atoms with Crippen molar-refractivity contribution in [1.29, 1.82) is 0 Å². The lowest BCUT2D eigenvalue weighted by Gasteiger charge is -2.20. The van der Waals surface area contributed by atoms with Gasteiger partial charge in [-0.25, -0.2) is 0 Å². The average molecular weight is 371 g/mol. The normalized spacial score (nSPS) is 12.2. The minimum absolute atomic E-state index is 0.103. The van der Waals surface area contributed by atoms with Crippen molar-refractivity contribution < 1.29 is 18.3 Å². The Morgan fingerprint density at radius 2 is 2.08 bits per heavy atom. The lowest BCUT2D eigenvalue weighted by molar-refractivity contribution is -0.119. The van der Waals surface area contributed by atoms with E-state index in [2.05, 4.69) is 10.1 Å². The maximum atomic E-state index is 12.5. The zero-order valence-electron chi connectivity index (χ0n) is 13.2. The number of carbonyl (C=O) groups excluding carboxylic acids is 1. The van der Waals surface area contributed by atoms with Crippen LogP contribution in [0.4, 0.5) is 8.78 Å². The number of hydrogen-bond acceptors (Lipinski definition) is 4. The van der Waals surface area contributed by atoms with Gasteiger partial charge in [-0.3, -0.25) is 4.79 Å². The number of halogens is 2. The van der Waals surface area contributed by atoms with Gasteiger partial charge in [0.05, 0.1) is 11.8 Å². The monoisotopic (exact) mass is 371 g/mol. The molecule has 0 radical (unpaired) electrons. The van der Waals surface area contributed by atoms with Crippen LogP contribution in [-0.4, -0.2) is 18.3 Å². The third-order valence-corrected chi connectivity index (χ3v) is 5.35. The molecule has 0 saturated carbocycles. The second-order valence-corrected chi connectivity index (χ2v) is 7.03. The Kier molecular flexibility index (Phi) is 7.52. The second kappa shape index (κ2) is 9.64. The van der Waals surface area contributed by atoms with Crippen molar-refractivity contribution in [3.05, 3.63) is 52.2 Å². The van der Waals surface area contributed by atoms with Gasteiger partial charge in [-0.15, -0.1) is 23.1 Å². The molecule has 0 aliphatic heterocycles. The van der Waals surface area contributed by atoms with Crippen molar-refractivity contribution in [2.75, 3.05) is 5.75 Å². The number of alkyl halides is 2. The topological polar surface area (TPSA) is 38.3 Å². The Labute approximate surface area is 148 Å². The molecule has 130 valence electrons. The fourth-order valence-corrected chi connectivity index (χ4v) is 3.93. The van der Waals surface area contributed by atoms with Crippen LogP contribution in [0.15, 0.2) is 41.8 Å². The summed E-state index contributed by atoms with van der Waals surface area (Å²) in [5.41, 5.74) is 0.567. The number of thioether (sulfide) groups is 1. The molecule has 2 rings (SSSR count). The van der Waals surface area contributed by atoms with Crippen molar-refractivity contribution in [1.82, 2.24) is 5.32 Å². The first-order chi connectivity index (χ1) is 11.6. The summed E-state index contributed by atoms with van der Waals surface area (Å²) >= 11 is 3.19. The van der Waals surface area contributed by atoms with Gasteiger partial charge in [0.25, 0.3) is 0 Å². The molecular formula is C17H19F2NO2S2. The van der Waals surface area contributed by atoms with Gasteiger partial charge in [0, 0.05) is 16.2 Å². The van der Waals surface area contributed by atoms with Gasteiger partial charge >= 0.3 is 6.61 Å². The number of carbonyl (C=O) groups is 1. The zero-order valence-corrected chi connectivity index (χ0v) is 14.8. The summed E-state index contributed by atoms with van der Waals surface area (Å²) in [6, 6.07) is 10.2. The molecule has 1 atom stereocenters. The van der Waals surface area contributed by atoms with Crippen LogP contribution in [0, 0.1) is 0 Å². The maximum Gasteiger partial charge on any atom is 0.387 e. The summed E-state index contributed by atoms with van der Waals surface area (Å²) in [6.07, 6.45) is 0.588. The molecule has 0 spiro atoms. The van der Waals surface area contributed by atoms with Crippen LogP contribution in [0.5, 0.6) is 5.75 Å². The van der Waals surface area contributed by atoms with E-state index in [1.54, 1.807) is 29.5 Å². The van der Waals surface area contributed by atoms with E-state index in [1.807, 2.05) is 24.4 Å². The fraction of sp³-hybridized carbons (Fsp3) is 0.353. The fourth-order valence-electron chi connectivity index (χ4n) is 2.25. The van der Waals surface area contributed by atoms with Gasteiger partial charge in [-0.2, -0.15) is 8.78 Å².